The lowest BCUT2D eigenvalue weighted by Crippen LogP contribution is -1.99. The Labute approximate surface area is 116 Å². The average molecular weight is 267 g/mol. The summed E-state index contributed by atoms with van der Waals surface area (Å²) in [5.74, 6) is 0.565. The normalized spacial score (nSPS) is 10.9. The Balaban J connectivity index is 2.29. The van der Waals surface area contributed by atoms with E-state index in [-0.39, 0.29) is 5.82 Å². The van der Waals surface area contributed by atoms with E-state index >= 15 is 0 Å². The molecule has 100 valence electrons. The van der Waals surface area contributed by atoms with Crippen molar-refractivity contribution in [2.75, 3.05) is 5.73 Å². The van der Waals surface area contributed by atoms with Gasteiger partial charge in [-0.1, -0.05) is 18.2 Å². The number of nitrogens with two attached hydrogens (primary N) is 1. The molecule has 20 heavy (non-hydrogen) atoms. The van der Waals surface area contributed by atoms with Crippen LogP contribution in [0.2, 0.25) is 0 Å². The Morgan fingerprint density at radius 2 is 1.85 bits per heavy atom. The van der Waals surface area contributed by atoms with Crippen LogP contribution < -0.4 is 5.73 Å². The van der Waals surface area contributed by atoms with E-state index < -0.39 is 0 Å². The van der Waals surface area contributed by atoms with Crippen molar-refractivity contribution in [1.29, 1.82) is 0 Å². The molecule has 0 radical (unpaired) electrons. The highest BCUT2D eigenvalue weighted by molar-refractivity contribution is 5.89. The summed E-state index contributed by atoms with van der Waals surface area (Å²) in [6.07, 6.45) is 0. The zero-order valence-electron chi connectivity index (χ0n) is 11.3. The second-order valence-electron chi connectivity index (χ2n) is 4.84. The van der Waals surface area contributed by atoms with Crippen LogP contribution in [0.3, 0.4) is 0 Å². The minimum Gasteiger partial charge on any atom is -0.383 e. The summed E-state index contributed by atoms with van der Waals surface area (Å²) in [5.41, 5.74) is 9.66. The zero-order valence-corrected chi connectivity index (χ0v) is 11.3. The Morgan fingerprint density at radius 3 is 2.65 bits per heavy atom. The maximum absolute atomic E-state index is 13.3. The van der Waals surface area contributed by atoms with E-state index in [9.17, 15) is 4.39 Å². The number of nitrogens with zero attached hydrogens (tertiary/aromatic N) is 2. The summed E-state index contributed by atoms with van der Waals surface area (Å²) in [6, 6.07) is 10.3. The molecule has 2 N–H and O–H groups in total. The quantitative estimate of drug-likeness (QED) is 0.732. The molecule has 4 heteroatoms. The molecule has 1 heterocycles. The van der Waals surface area contributed by atoms with Crippen LogP contribution >= 0.6 is 0 Å². The van der Waals surface area contributed by atoms with Crippen molar-refractivity contribution >= 4 is 16.7 Å². The van der Waals surface area contributed by atoms with E-state index in [4.69, 9.17) is 5.73 Å². The predicted octanol–water partition coefficient (Wildman–Crippen LogP) is 3.63. The monoisotopic (exact) mass is 267 g/mol. The maximum atomic E-state index is 13.3. The fraction of sp³-hybridized carbons (Fsp3) is 0.125. The number of aryl methyl sites for hydroxylation is 1. The minimum atomic E-state index is -0.331. The molecule has 0 aliphatic heterocycles. The van der Waals surface area contributed by atoms with Gasteiger partial charge in [0.1, 0.15) is 11.6 Å². The fourth-order valence-corrected chi connectivity index (χ4v) is 2.24. The molecule has 3 aromatic rings. The van der Waals surface area contributed by atoms with Gasteiger partial charge in [-0.25, -0.2) is 14.4 Å². The van der Waals surface area contributed by atoms with Crippen LogP contribution in [0.5, 0.6) is 0 Å². The van der Waals surface area contributed by atoms with Crippen LogP contribution in [0, 0.1) is 19.7 Å². The Bertz CT molecular complexity index is 812. The van der Waals surface area contributed by atoms with Gasteiger partial charge in [-0.2, -0.15) is 0 Å². The van der Waals surface area contributed by atoms with Gasteiger partial charge in [0.2, 0.25) is 0 Å². The van der Waals surface area contributed by atoms with E-state index in [1.807, 2.05) is 32.0 Å². The Morgan fingerprint density at radius 1 is 1.05 bits per heavy atom. The highest BCUT2D eigenvalue weighted by Gasteiger charge is 2.10. The molecule has 0 aliphatic rings. The molecule has 0 saturated carbocycles. The van der Waals surface area contributed by atoms with Crippen molar-refractivity contribution < 1.29 is 4.39 Å². The number of fused-ring (bicyclic) bond motifs is 1. The van der Waals surface area contributed by atoms with E-state index in [0.29, 0.717) is 22.5 Å². The number of nitrogen functional groups attached to an aromatic ring is 1. The van der Waals surface area contributed by atoms with Crippen LogP contribution in [-0.4, -0.2) is 9.97 Å². The number of benzene rings is 2. The van der Waals surface area contributed by atoms with Crippen molar-refractivity contribution in [3.63, 3.8) is 0 Å². The topological polar surface area (TPSA) is 51.8 Å². The van der Waals surface area contributed by atoms with Gasteiger partial charge in [0, 0.05) is 17.0 Å². The number of hydrogen-bond acceptors (Lipinski definition) is 3. The van der Waals surface area contributed by atoms with Gasteiger partial charge in [-0.05, 0) is 37.1 Å². The number of anilines is 1. The predicted molar refractivity (Wildman–Crippen MR) is 78.8 cm³/mol. The summed E-state index contributed by atoms with van der Waals surface area (Å²) in [4.78, 5) is 8.79. The summed E-state index contributed by atoms with van der Waals surface area (Å²) >= 11 is 0. The van der Waals surface area contributed by atoms with Crippen LogP contribution in [0.25, 0.3) is 22.3 Å². The maximum Gasteiger partial charge on any atom is 0.162 e. The minimum absolute atomic E-state index is 0.331. The molecule has 2 aromatic carbocycles. The van der Waals surface area contributed by atoms with Gasteiger partial charge in [-0.15, -0.1) is 0 Å². The highest BCUT2D eigenvalue weighted by Crippen LogP contribution is 2.26. The first kappa shape index (κ1) is 12.5. The number of aromatic nitrogens is 2. The Kier molecular flexibility index (Phi) is 2.86. The second-order valence-corrected chi connectivity index (χ2v) is 4.84. The number of hydrogen-bond donors (Lipinski definition) is 1. The molecule has 3 rings (SSSR count). The van der Waals surface area contributed by atoms with Gasteiger partial charge < -0.3 is 5.73 Å². The van der Waals surface area contributed by atoms with Crippen molar-refractivity contribution in [1.82, 2.24) is 9.97 Å². The summed E-state index contributed by atoms with van der Waals surface area (Å²) in [5, 5.41) is 0.667. The third-order valence-corrected chi connectivity index (χ3v) is 3.53. The van der Waals surface area contributed by atoms with Gasteiger partial charge in [0.05, 0.1) is 5.52 Å². The van der Waals surface area contributed by atoms with Gasteiger partial charge >= 0.3 is 0 Å². The van der Waals surface area contributed by atoms with Crippen LogP contribution in [0.15, 0.2) is 36.4 Å². The second kappa shape index (κ2) is 4.56. The molecule has 1 aromatic heterocycles. The zero-order chi connectivity index (χ0) is 14.3. The molecule has 0 aliphatic carbocycles. The van der Waals surface area contributed by atoms with Crippen molar-refractivity contribution in [3.05, 3.63) is 53.3 Å². The molecule has 0 unspecified atom stereocenters. The summed E-state index contributed by atoms with van der Waals surface area (Å²) in [7, 11) is 0. The van der Waals surface area contributed by atoms with Crippen LogP contribution in [0.4, 0.5) is 10.2 Å². The molecular weight excluding hydrogens is 253 g/mol. The molecule has 0 bridgehead atoms. The van der Waals surface area contributed by atoms with Crippen LogP contribution in [0.1, 0.15) is 11.1 Å². The largest absolute Gasteiger partial charge is 0.383 e. The summed E-state index contributed by atoms with van der Waals surface area (Å²) < 4.78 is 13.3. The number of rotatable bonds is 1. The standard InChI is InChI=1S/C16H14FN3/c1-9-4-3-5-12(10(9)2)16-19-14-8-11(17)6-7-13(14)15(18)20-16/h3-8H,1-2H3,(H2,18,19,20). The molecule has 0 saturated heterocycles. The Hall–Kier alpha value is -2.49. The molecule has 0 atom stereocenters. The molecular formula is C16H14FN3. The van der Waals surface area contributed by atoms with Gasteiger partial charge in [-0.3, -0.25) is 0 Å². The SMILES string of the molecule is Cc1cccc(-c2nc(N)c3ccc(F)cc3n2)c1C. The van der Waals surface area contributed by atoms with E-state index in [1.165, 1.54) is 12.1 Å². The number of halogens is 1. The van der Waals surface area contributed by atoms with Crippen molar-refractivity contribution in [2.24, 2.45) is 0 Å². The lowest BCUT2D eigenvalue weighted by molar-refractivity contribution is 0.629. The molecule has 0 amide bonds. The lowest BCUT2D eigenvalue weighted by Gasteiger charge is -2.09. The molecule has 0 spiro atoms. The first-order valence-electron chi connectivity index (χ1n) is 6.35. The molecule has 3 nitrogen and oxygen atoms in total. The van der Waals surface area contributed by atoms with Crippen molar-refractivity contribution in [3.8, 4) is 11.4 Å². The lowest BCUT2D eigenvalue weighted by atomic mass is 10.0. The first-order valence-corrected chi connectivity index (χ1v) is 6.35. The first-order chi connectivity index (χ1) is 9.56. The summed E-state index contributed by atoms with van der Waals surface area (Å²) in [6.45, 7) is 4.04. The smallest absolute Gasteiger partial charge is 0.162 e. The molecule has 0 fully saturated rings. The van der Waals surface area contributed by atoms with E-state index in [0.717, 1.165) is 16.7 Å². The van der Waals surface area contributed by atoms with Gasteiger partial charge in [0.25, 0.3) is 0 Å². The van der Waals surface area contributed by atoms with Gasteiger partial charge in [0.15, 0.2) is 5.82 Å². The van der Waals surface area contributed by atoms with Crippen LogP contribution in [-0.2, 0) is 0 Å². The average Bonchev–Trinajstić information content (AvgIpc) is 2.41. The fourth-order valence-electron chi connectivity index (χ4n) is 2.24. The third kappa shape index (κ3) is 1.99. The van der Waals surface area contributed by atoms with Crippen molar-refractivity contribution in [2.45, 2.75) is 13.8 Å². The highest BCUT2D eigenvalue weighted by atomic mass is 19.1. The van der Waals surface area contributed by atoms with E-state index in [1.54, 1.807) is 6.07 Å². The van der Waals surface area contributed by atoms with E-state index in [2.05, 4.69) is 9.97 Å². The third-order valence-electron chi connectivity index (χ3n) is 3.53.